The van der Waals surface area contributed by atoms with Gasteiger partial charge in [0.15, 0.2) is 5.78 Å². The van der Waals surface area contributed by atoms with Crippen LogP contribution in [0.15, 0.2) is 42.5 Å². The zero-order valence-electron chi connectivity index (χ0n) is 22.8. The monoisotopic (exact) mass is 491 g/mol. The molecule has 1 aromatic heterocycles. The van der Waals surface area contributed by atoms with E-state index in [1.165, 1.54) is 0 Å². The zero-order valence-corrected chi connectivity index (χ0v) is 22.8. The van der Waals surface area contributed by atoms with Gasteiger partial charge in [-0.15, -0.1) is 0 Å². The van der Waals surface area contributed by atoms with Crippen molar-refractivity contribution in [2.45, 2.75) is 60.4 Å². The smallest absolute Gasteiger partial charge is 0.232 e. The van der Waals surface area contributed by atoms with Crippen LogP contribution in [0.4, 0.5) is 11.6 Å². The van der Waals surface area contributed by atoms with Crippen molar-refractivity contribution in [1.29, 1.82) is 0 Å². The minimum atomic E-state index is -0.689. The summed E-state index contributed by atoms with van der Waals surface area (Å²) >= 11 is 0. The number of imidazole rings is 1. The van der Waals surface area contributed by atoms with Crippen LogP contribution in [0, 0.1) is 11.8 Å². The SMILES string of the molecule is CC(=O)c1ccc(Nc2nc3ccc(C(C)(C)C(=O)N(CC(C)C)CC(C)C)cc3n2CCN)cc1. The van der Waals surface area contributed by atoms with Gasteiger partial charge in [0.25, 0.3) is 0 Å². The molecule has 0 saturated heterocycles. The van der Waals surface area contributed by atoms with Crippen LogP contribution in [0.1, 0.15) is 64.4 Å². The van der Waals surface area contributed by atoms with E-state index >= 15 is 0 Å². The van der Waals surface area contributed by atoms with Gasteiger partial charge in [0.2, 0.25) is 11.9 Å². The summed E-state index contributed by atoms with van der Waals surface area (Å²) in [6.07, 6.45) is 0. The third-order valence-electron chi connectivity index (χ3n) is 6.36. The maximum absolute atomic E-state index is 13.8. The number of rotatable bonds is 11. The van der Waals surface area contributed by atoms with Crippen LogP contribution in [0.3, 0.4) is 0 Å². The van der Waals surface area contributed by atoms with E-state index in [0.29, 0.717) is 36.4 Å². The number of Topliss-reactive ketones (excluding diaryl/α,β-unsaturated/α-hetero) is 1. The molecule has 0 aliphatic carbocycles. The average Bonchev–Trinajstić information content (AvgIpc) is 3.14. The van der Waals surface area contributed by atoms with Crippen molar-refractivity contribution in [2.24, 2.45) is 17.6 Å². The number of nitrogens with one attached hydrogen (secondary N) is 1. The van der Waals surface area contributed by atoms with Crippen molar-refractivity contribution >= 4 is 34.4 Å². The molecule has 3 N–H and O–H groups in total. The highest BCUT2D eigenvalue weighted by molar-refractivity contribution is 5.94. The number of carbonyl (C=O) groups is 2. The van der Waals surface area contributed by atoms with Crippen LogP contribution >= 0.6 is 0 Å². The molecule has 3 rings (SSSR count). The van der Waals surface area contributed by atoms with E-state index in [1.54, 1.807) is 19.1 Å². The molecule has 3 aromatic rings. The summed E-state index contributed by atoms with van der Waals surface area (Å²) in [7, 11) is 0. The second-order valence-electron chi connectivity index (χ2n) is 11.0. The van der Waals surface area contributed by atoms with Gasteiger partial charge in [-0.2, -0.15) is 0 Å². The van der Waals surface area contributed by atoms with E-state index in [9.17, 15) is 9.59 Å². The molecule has 7 heteroatoms. The number of anilines is 2. The number of ketones is 1. The number of aromatic nitrogens is 2. The topological polar surface area (TPSA) is 93.2 Å². The molecular weight excluding hydrogens is 450 g/mol. The highest BCUT2D eigenvalue weighted by atomic mass is 16.2. The fraction of sp³-hybridized carbons (Fsp3) is 0.483. The predicted octanol–water partition coefficient (Wildman–Crippen LogP) is 5.36. The summed E-state index contributed by atoms with van der Waals surface area (Å²) in [5, 5.41) is 3.37. The third kappa shape index (κ3) is 6.13. The number of amides is 1. The van der Waals surface area contributed by atoms with Crippen LogP contribution in [-0.2, 0) is 16.8 Å². The number of nitrogens with zero attached hydrogens (tertiary/aromatic N) is 3. The number of nitrogens with two attached hydrogens (primary N) is 1. The second kappa shape index (κ2) is 11.2. The van der Waals surface area contributed by atoms with Crippen molar-refractivity contribution in [2.75, 3.05) is 25.0 Å². The lowest BCUT2D eigenvalue weighted by atomic mass is 9.82. The van der Waals surface area contributed by atoms with Gasteiger partial charge in [0.05, 0.1) is 16.4 Å². The van der Waals surface area contributed by atoms with E-state index in [4.69, 9.17) is 10.7 Å². The van der Waals surface area contributed by atoms with Gasteiger partial charge in [-0.05, 0) is 74.6 Å². The maximum atomic E-state index is 13.8. The summed E-state index contributed by atoms with van der Waals surface area (Å²) < 4.78 is 2.05. The number of benzene rings is 2. The van der Waals surface area contributed by atoms with E-state index < -0.39 is 5.41 Å². The molecule has 0 radical (unpaired) electrons. The summed E-state index contributed by atoms with van der Waals surface area (Å²) in [5.74, 6) is 1.64. The van der Waals surface area contributed by atoms with Crippen molar-refractivity contribution in [3.63, 3.8) is 0 Å². The summed E-state index contributed by atoms with van der Waals surface area (Å²) in [6.45, 7) is 16.7. The van der Waals surface area contributed by atoms with Gasteiger partial charge in [-0.1, -0.05) is 33.8 Å². The van der Waals surface area contributed by atoms with E-state index in [2.05, 4.69) is 43.6 Å². The minimum Gasteiger partial charge on any atom is -0.341 e. The molecule has 0 bridgehead atoms. The van der Waals surface area contributed by atoms with Crippen LogP contribution in [0.25, 0.3) is 11.0 Å². The average molecular weight is 492 g/mol. The Hall–Kier alpha value is -3.19. The first-order valence-electron chi connectivity index (χ1n) is 12.8. The van der Waals surface area contributed by atoms with Crippen LogP contribution in [-0.4, -0.2) is 45.8 Å². The highest BCUT2D eigenvalue weighted by Gasteiger charge is 2.34. The van der Waals surface area contributed by atoms with Gasteiger partial charge in [-0.25, -0.2) is 4.98 Å². The van der Waals surface area contributed by atoms with Crippen LogP contribution in [0.2, 0.25) is 0 Å². The van der Waals surface area contributed by atoms with E-state index in [-0.39, 0.29) is 11.7 Å². The quantitative estimate of drug-likeness (QED) is 0.352. The Bertz CT molecular complexity index is 1200. The van der Waals surface area contributed by atoms with Crippen molar-refractivity contribution in [3.8, 4) is 0 Å². The molecule has 0 spiro atoms. The van der Waals surface area contributed by atoms with Crippen LogP contribution < -0.4 is 11.1 Å². The minimum absolute atomic E-state index is 0.0296. The lowest BCUT2D eigenvalue weighted by Gasteiger charge is -2.34. The molecule has 36 heavy (non-hydrogen) atoms. The van der Waals surface area contributed by atoms with Gasteiger partial charge >= 0.3 is 0 Å². The van der Waals surface area contributed by atoms with E-state index in [1.807, 2.05) is 43.0 Å². The Morgan fingerprint density at radius 3 is 2.17 bits per heavy atom. The highest BCUT2D eigenvalue weighted by Crippen LogP contribution is 2.31. The largest absolute Gasteiger partial charge is 0.341 e. The number of hydrogen-bond acceptors (Lipinski definition) is 5. The second-order valence-corrected chi connectivity index (χ2v) is 11.0. The first-order valence-corrected chi connectivity index (χ1v) is 12.8. The Morgan fingerprint density at radius 1 is 1.03 bits per heavy atom. The summed E-state index contributed by atoms with van der Waals surface area (Å²) in [4.78, 5) is 32.2. The molecule has 2 aromatic carbocycles. The lowest BCUT2D eigenvalue weighted by Crippen LogP contribution is -2.46. The van der Waals surface area contributed by atoms with Gasteiger partial charge in [0, 0.05) is 37.4 Å². The standard InChI is InChI=1S/C29H41N5O2/c1-19(2)17-33(18-20(3)4)27(36)29(6,7)23-10-13-25-26(16-23)34(15-14-30)28(32-25)31-24-11-8-22(9-12-24)21(5)35/h8-13,16,19-20H,14-15,17-18,30H2,1-7H3,(H,31,32). The summed E-state index contributed by atoms with van der Waals surface area (Å²) in [6, 6.07) is 13.4. The van der Waals surface area contributed by atoms with E-state index in [0.717, 1.165) is 35.4 Å². The maximum Gasteiger partial charge on any atom is 0.232 e. The number of carbonyl (C=O) groups excluding carboxylic acids is 2. The predicted molar refractivity (Wildman–Crippen MR) is 148 cm³/mol. The first-order chi connectivity index (χ1) is 16.9. The summed E-state index contributed by atoms with van der Waals surface area (Å²) in [5.41, 5.74) is 9.48. The fourth-order valence-electron chi connectivity index (χ4n) is 4.52. The van der Waals surface area contributed by atoms with Crippen molar-refractivity contribution in [1.82, 2.24) is 14.5 Å². The first kappa shape index (κ1) is 27.4. The van der Waals surface area contributed by atoms with Gasteiger partial charge in [0.1, 0.15) is 0 Å². The number of hydrogen-bond donors (Lipinski definition) is 2. The normalized spacial score (nSPS) is 11.9. The van der Waals surface area contributed by atoms with Gasteiger partial charge in [-0.3, -0.25) is 9.59 Å². The molecule has 0 aliphatic heterocycles. The molecule has 1 heterocycles. The molecule has 194 valence electrons. The van der Waals surface area contributed by atoms with Crippen LogP contribution in [0.5, 0.6) is 0 Å². The third-order valence-corrected chi connectivity index (χ3v) is 6.36. The Labute approximate surface area is 215 Å². The molecule has 0 saturated carbocycles. The van der Waals surface area contributed by atoms with Crippen molar-refractivity contribution in [3.05, 3.63) is 53.6 Å². The fourth-order valence-corrected chi connectivity index (χ4v) is 4.52. The van der Waals surface area contributed by atoms with Gasteiger partial charge < -0.3 is 20.5 Å². The molecule has 0 aliphatic rings. The molecule has 0 unspecified atom stereocenters. The number of fused-ring (bicyclic) bond motifs is 1. The Balaban J connectivity index is 1.98. The molecule has 0 fully saturated rings. The Kier molecular flexibility index (Phi) is 8.56. The lowest BCUT2D eigenvalue weighted by molar-refractivity contribution is -0.137. The Morgan fingerprint density at radius 2 is 1.64 bits per heavy atom. The molecule has 1 amide bonds. The zero-order chi connectivity index (χ0) is 26.6. The molecule has 7 nitrogen and oxygen atoms in total. The molecule has 0 atom stereocenters. The van der Waals surface area contributed by atoms with Crippen molar-refractivity contribution < 1.29 is 9.59 Å². The molecular formula is C29H41N5O2.